The topological polar surface area (TPSA) is 36.4 Å². The van der Waals surface area contributed by atoms with Crippen LogP contribution in [0, 0.1) is 0 Å². The molecule has 0 atom stereocenters. The summed E-state index contributed by atoms with van der Waals surface area (Å²) in [6.45, 7) is 5.14. The molecule has 0 saturated heterocycles. The van der Waals surface area contributed by atoms with Crippen LogP contribution in [0.4, 0.5) is 5.82 Å². The number of pyridine rings is 1. The van der Waals surface area contributed by atoms with Gasteiger partial charge in [-0.2, -0.15) is 0 Å². The summed E-state index contributed by atoms with van der Waals surface area (Å²) in [6, 6.07) is 8.31. The molecule has 2 heterocycles. The lowest BCUT2D eigenvalue weighted by molar-refractivity contribution is 0.281. The van der Waals surface area contributed by atoms with Crippen molar-refractivity contribution in [2.75, 3.05) is 4.90 Å². The van der Waals surface area contributed by atoms with E-state index in [1.165, 1.54) is 4.88 Å². The first-order valence-electron chi connectivity index (χ1n) is 6.06. The lowest BCUT2D eigenvalue weighted by Crippen LogP contribution is -2.31. The summed E-state index contributed by atoms with van der Waals surface area (Å²) < 4.78 is 0. The fourth-order valence-corrected chi connectivity index (χ4v) is 2.59. The monoisotopic (exact) mass is 262 g/mol. The number of nitrogens with zero attached hydrogens (tertiary/aromatic N) is 2. The van der Waals surface area contributed by atoms with Crippen molar-refractivity contribution in [3.05, 3.63) is 46.3 Å². The number of rotatable bonds is 5. The van der Waals surface area contributed by atoms with Gasteiger partial charge in [0.15, 0.2) is 0 Å². The van der Waals surface area contributed by atoms with Crippen molar-refractivity contribution < 1.29 is 5.11 Å². The third-order valence-corrected chi connectivity index (χ3v) is 3.70. The van der Waals surface area contributed by atoms with E-state index in [0.717, 1.165) is 17.9 Å². The van der Waals surface area contributed by atoms with Crippen molar-refractivity contribution >= 4 is 17.2 Å². The van der Waals surface area contributed by atoms with E-state index < -0.39 is 0 Å². The van der Waals surface area contributed by atoms with Gasteiger partial charge < -0.3 is 10.0 Å². The molecular weight excluding hydrogens is 244 g/mol. The summed E-state index contributed by atoms with van der Waals surface area (Å²) in [6.07, 6.45) is 1.78. The molecule has 0 amide bonds. The molecule has 2 aromatic heterocycles. The molecule has 96 valence electrons. The molecule has 3 nitrogen and oxygen atoms in total. The van der Waals surface area contributed by atoms with Gasteiger partial charge in [0, 0.05) is 22.7 Å². The Kier molecular flexibility index (Phi) is 4.33. The molecule has 0 spiro atoms. The van der Waals surface area contributed by atoms with E-state index in [0.29, 0.717) is 6.04 Å². The van der Waals surface area contributed by atoms with Crippen molar-refractivity contribution in [3.8, 4) is 0 Å². The fraction of sp³-hybridized carbons (Fsp3) is 0.357. The van der Waals surface area contributed by atoms with Crippen LogP contribution >= 0.6 is 11.3 Å². The van der Waals surface area contributed by atoms with Gasteiger partial charge in [0.05, 0.1) is 13.2 Å². The molecule has 18 heavy (non-hydrogen) atoms. The minimum atomic E-state index is 0.0246. The molecule has 0 aromatic carbocycles. The van der Waals surface area contributed by atoms with Gasteiger partial charge >= 0.3 is 0 Å². The van der Waals surface area contributed by atoms with E-state index >= 15 is 0 Å². The number of aliphatic hydroxyl groups excluding tert-OH is 1. The molecule has 2 aromatic rings. The average Bonchev–Trinajstić information content (AvgIpc) is 2.88. The maximum Gasteiger partial charge on any atom is 0.134 e. The summed E-state index contributed by atoms with van der Waals surface area (Å²) in [5.74, 6) is 0.878. The molecule has 1 N–H and O–H groups in total. The lowest BCUT2D eigenvalue weighted by Gasteiger charge is -2.29. The first-order valence-corrected chi connectivity index (χ1v) is 6.94. The van der Waals surface area contributed by atoms with Gasteiger partial charge in [-0.1, -0.05) is 12.1 Å². The highest BCUT2D eigenvalue weighted by Crippen LogP contribution is 2.23. The maximum absolute atomic E-state index is 9.41. The van der Waals surface area contributed by atoms with Crippen molar-refractivity contribution in [3.63, 3.8) is 0 Å². The Bertz CT molecular complexity index is 482. The van der Waals surface area contributed by atoms with Crippen molar-refractivity contribution in [1.82, 2.24) is 4.98 Å². The van der Waals surface area contributed by atoms with E-state index in [-0.39, 0.29) is 6.61 Å². The minimum absolute atomic E-state index is 0.0246. The quantitative estimate of drug-likeness (QED) is 0.899. The third-order valence-electron chi connectivity index (χ3n) is 2.84. The second-order valence-corrected chi connectivity index (χ2v) is 5.48. The summed E-state index contributed by atoms with van der Waals surface area (Å²) in [5.41, 5.74) is 0.878. The SMILES string of the molecule is CC(C)N(Cc1cccs1)c1ncccc1CO. The van der Waals surface area contributed by atoms with E-state index in [1.54, 1.807) is 17.5 Å². The molecule has 0 aliphatic carbocycles. The number of aliphatic hydroxyl groups is 1. The van der Waals surface area contributed by atoms with Gasteiger partial charge in [0.1, 0.15) is 5.82 Å². The molecule has 0 radical (unpaired) electrons. The first-order chi connectivity index (χ1) is 8.72. The van der Waals surface area contributed by atoms with Crippen LogP contribution in [-0.4, -0.2) is 16.1 Å². The highest BCUT2D eigenvalue weighted by molar-refractivity contribution is 7.09. The van der Waals surface area contributed by atoms with Gasteiger partial charge in [-0.25, -0.2) is 4.98 Å². The Morgan fingerprint density at radius 1 is 1.33 bits per heavy atom. The smallest absolute Gasteiger partial charge is 0.134 e. The van der Waals surface area contributed by atoms with Crippen LogP contribution in [0.5, 0.6) is 0 Å². The molecule has 0 unspecified atom stereocenters. The average molecular weight is 262 g/mol. The molecule has 0 saturated carbocycles. The summed E-state index contributed by atoms with van der Waals surface area (Å²) in [4.78, 5) is 7.95. The lowest BCUT2D eigenvalue weighted by atomic mass is 10.2. The Morgan fingerprint density at radius 3 is 2.78 bits per heavy atom. The van der Waals surface area contributed by atoms with Gasteiger partial charge in [0.25, 0.3) is 0 Å². The van der Waals surface area contributed by atoms with E-state index in [2.05, 4.69) is 41.2 Å². The van der Waals surface area contributed by atoms with Gasteiger partial charge in [-0.3, -0.25) is 0 Å². The second-order valence-electron chi connectivity index (χ2n) is 4.45. The van der Waals surface area contributed by atoms with Crippen LogP contribution in [0.2, 0.25) is 0 Å². The first kappa shape index (κ1) is 13.1. The Labute approximate surface area is 112 Å². The van der Waals surface area contributed by atoms with Gasteiger partial charge in [-0.15, -0.1) is 11.3 Å². The number of hydrogen-bond donors (Lipinski definition) is 1. The predicted octanol–water partition coefficient (Wildman–Crippen LogP) is 3.05. The molecule has 4 heteroatoms. The maximum atomic E-state index is 9.41. The van der Waals surface area contributed by atoms with E-state index in [1.807, 2.05) is 12.1 Å². The van der Waals surface area contributed by atoms with E-state index in [4.69, 9.17) is 0 Å². The summed E-state index contributed by atoms with van der Waals surface area (Å²) in [5, 5.41) is 11.5. The van der Waals surface area contributed by atoms with Crippen molar-refractivity contribution in [1.29, 1.82) is 0 Å². The standard InChI is InChI=1S/C14H18N2OS/c1-11(2)16(9-13-6-4-8-18-13)14-12(10-17)5-3-7-15-14/h3-8,11,17H,9-10H2,1-2H3. The number of thiophene rings is 1. The van der Waals surface area contributed by atoms with Crippen molar-refractivity contribution in [2.24, 2.45) is 0 Å². The Balaban J connectivity index is 2.29. The van der Waals surface area contributed by atoms with Gasteiger partial charge in [0.2, 0.25) is 0 Å². The third kappa shape index (κ3) is 2.89. The van der Waals surface area contributed by atoms with Gasteiger partial charge in [-0.05, 0) is 31.4 Å². The molecule has 0 aliphatic rings. The Hall–Kier alpha value is -1.39. The molecule has 0 bridgehead atoms. The van der Waals surface area contributed by atoms with Crippen LogP contribution in [0.1, 0.15) is 24.3 Å². The zero-order chi connectivity index (χ0) is 13.0. The Morgan fingerprint density at radius 2 is 2.17 bits per heavy atom. The molecule has 0 fully saturated rings. The zero-order valence-electron chi connectivity index (χ0n) is 10.7. The predicted molar refractivity (Wildman–Crippen MR) is 75.8 cm³/mol. The van der Waals surface area contributed by atoms with Crippen LogP contribution in [0.3, 0.4) is 0 Å². The number of anilines is 1. The highest BCUT2D eigenvalue weighted by atomic mass is 32.1. The second kappa shape index (κ2) is 5.98. The zero-order valence-corrected chi connectivity index (χ0v) is 11.5. The number of hydrogen-bond acceptors (Lipinski definition) is 4. The molecular formula is C14H18N2OS. The normalized spacial score (nSPS) is 10.9. The molecule has 0 aliphatic heterocycles. The largest absolute Gasteiger partial charge is 0.392 e. The van der Waals surface area contributed by atoms with Crippen molar-refractivity contribution in [2.45, 2.75) is 33.0 Å². The summed E-state index contributed by atoms with van der Waals surface area (Å²) in [7, 11) is 0. The van der Waals surface area contributed by atoms with Crippen LogP contribution in [-0.2, 0) is 13.2 Å². The van der Waals surface area contributed by atoms with Crippen LogP contribution in [0.25, 0.3) is 0 Å². The minimum Gasteiger partial charge on any atom is -0.392 e. The fourth-order valence-electron chi connectivity index (χ4n) is 1.88. The summed E-state index contributed by atoms with van der Waals surface area (Å²) >= 11 is 1.74. The van der Waals surface area contributed by atoms with Crippen LogP contribution < -0.4 is 4.90 Å². The van der Waals surface area contributed by atoms with Crippen LogP contribution in [0.15, 0.2) is 35.8 Å². The highest BCUT2D eigenvalue weighted by Gasteiger charge is 2.16. The number of aromatic nitrogens is 1. The van der Waals surface area contributed by atoms with E-state index in [9.17, 15) is 5.11 Å². The molecule has 2 rings (SSSR count).